The van der Waals surface area contributed by atoms with Crippen LogP contribution >= 0.6 is 0 Å². The van der Waals surface area contributed by atoms with E-state index in [1.807, 2.05) is 84.9 Å². The van der Waals surface area contributed by atoms with Gasteiger partial charge in [0.25, 0.3) is 0 Å². The highest BCUT2D eigenvalue weighted by atomic mass is 16.5. The van der Waals surface area contributed by atoms with Gasteiger partial charge in [-0.1, -0.05) is 24.3 Å². The molecule has 0 fully saturated rings. The number of nitrogens with zero attached hydrogens (tertiary/aromatic N) is 6. The predicted molar refractivity (Wildman–Crippen MR) is 193 cm³/mol. The average molecular weight is 673 g/mol. The van der Waals surface area contributed by atoms with E-state index >= 15 is 0 Å². The van der Waals surface area contributed by atoms with Gasteiger partial charge in [0.1, 0.15) is 5.75 Å². The molecule has 0 aliphatic carbocycles. The fourth-order valence-corrected chi connectivity index (χ4v) is 5.58. The highest BCUT2D eigenvalue weighted by Crippen LogP contribution is 2.26. The van der Waals surface area contributed by atoms with Crippen molar-refractivity contribution in [1.29, 1.82) is 0 Å². The zero-order valence-electron chi connectivity index (χ0n) is 28.2. The molecule has 12 heteroatoms. The van der Waals surface area contributed by atoms with E-state index in [1.54, 1.807) is 12.4 Å². The summed E-state index contributed by atoms with van der Waals surface area (Å²) < 4.78 is 6.14. The lowest BCUT2D eigenvalue weighted by Crippen LogP contribution is -2.43. The van der Waals surface area contributed by atoms with E-state index in [2.05, 4.69) is 36.1 Å². The van der Waals surface area contributed by atoms with Crippen LogP contribution in [0.25, 0.3) is 22.8 Å². The summed E-state index contributed by atoms with van der Waals surface area (Å²) in [5, 5.41) is 13.5. The van der Waals surface area contributed by atoms with Crippen molar-refractivity contribution >= 4 is 5.91 Å². The number of carbonyl (C=O) groups is 1. The Morgan fingerprint density at radius 1 is 0.660 bits per heavy atom. The van der Waals surface area contributed by atoms with Crippen molar-refractivity contribution in [2.45, 2.75) is 32.6 Å². The highest BCUT2D eigenvalue weighted by Gasteiger charge is 2.13. The summed E-state index contributed by atoms with van der Waals surface area (Å²) in [4.78, 5) is 38.5. The number of aromatic nitrogens is 5. The highest BCUT2D eigenvalue weighted by molar-refractivity contribution is 5.78. The predicted octanol–water partition coefficient (Wildman–Crippen LogP) is 3.37. The van der Waals surface area contributed by atoms with Gasteiger partial charge in [0, 0.05) is 83.4 Å². The standard InChI is InChI=1S/C38H44N10O2/c49-38(44-16-7-21-50-33-22-36(34-12-1-3-14-42-34)47-37(23-33)35-13-2-4-15-43-35)28-48-19-17-39-24-29-8-5-10-31(45-29)26-41-27-32-11-6-9-30(46-32)25-40-18-20-48/h1-6,8-15,22-23,39-41H,7,16-21,24-28H2,(H,44,49). The molecule has 5 aromatic rings. The Morgan fingerprint density at radius 2 is 1.20 bits per heavy atom. The molecule has 0 saturated heterocycles. The summed E-state index contributed by atoms with van der Waals surface area (Å²) in [7, 11) is 0. The number of hydrogen-bond donors (Lipinski definition) is 4. The summed E-state index contributed by atoms with van der Waals surface area (Å²) >= 11 is 0. The van der Waals surface area contributed by atoms with Crippen molar-refractivity contribution in [2.24, 2.45) is 0 Å². The molecule has 0 saturated carbocycles. The Bertz CT molecular complexity index is 1680. The molecule has 258 valence electrons. The maximum absolute atomic E-state index is 13.0. The molecule has 1 aliphatic heterocycles. The van der Waals surface area contributed by atoms with Crippen LogP contribution in [0.2, 0.25) is 0 Å². The van der Waals surface area contributed by atoms with Gasteiger partial charge >= 0.3 is 0 Å². The first kappa shape index (κ1) is 34.7. The van der Waals surface area contributed by atoms with Gasteiger partial charge in [0.05, 0.1) is 58.7 Å². The largest absolute Gasteiger partial charge is 0.493 e. The maximum Gasteiger partial charge on any atom is 0.234 e. The number of carbonyl (C=O) groups excluding carboxylic acids is 1. The van der Waals surface area contributed by atoms with E-state index in [0.29, 0.717) is 69.4 Å². The van der Waals surface area contributed by atoms with Crippen LogP contribution in [0, 0.1) is 0 Å². The third-order valence-corrected chi connectivity index (χ3v) is 8.10. The number of nitrogens with one attached hydrogen (secondary N) is 4. The van der Waals surface area contributed by atoms with Crippen molar-refractivity contribution in [3.63, 3.8) is 0 Å². The molecule has 4 N–H and O–H groups in total. The van der Waals surface area contributed by atoms with E-state index in [9.17, 15) is 4.79 Å². The Labute approximate surface area is 293 Å². The molecule has 1 aliphatic rings. The van der Waals surface area contributed by atoms with E-state index in [4.69, 9.17) is 19.7 Å². The van der Waals surface area contributed by atoms with Gasteiger partial charge in [-0.25, -0.2) is 4.98 Å². The lowest BCUT2D eigenvalue weighted by molar-refractivity contribution is -0.122. The Morgan fingerprint density at radius 3 is 1.72 bits per heavy atom. The molecule has 12 nitrogen and oxygen atoms in total. The molecular formula is C38H44N10O2. The Kier molecular flexibility index (Phi) is 12.9. The molecule has 50 heavy (non-hydrogen) atoms. The molecule has 0 radical (unpaired) electrons. The van der Waals surface area contributed by atoms with E-state index in [1.165, 1.54) is 0 Å². The fraction of sp³-hybridized carbons (Fsp3) is 0.316. The molecule has 4 bridgehead atoms. The number of fused-ring (bicyclic) bond motifs is 4. The summed E-state index contributed by atoms with van der Waals surface area (Å²) in [6.07, 6.45) is 4.15. The van der Waals surface area contributed by atoms with Crippen LogP contribution < -0.4 is 26.0 Å². The van der Waals surface area contributed by atoms with E-state index < -0.39 is 0 Å². The molecule has 0 spiro atoms. The SMILES string of the molecule is O=C(CN1CCNCc2cccc(n2)CNCc2cccc(n2)CNCC1)NCCCOc1cc(-c2ccccn2)nc(-c2ccccn2)c1. The zero-order valence-corrected chi connectivity index (χ0v) is 28.2. The van der Waals surface area contributed by atoms with Crippen molar-refractivity contribution in [1.82, 2.24) is 51.1 Å². The summed E-state index contributed by atoms with van der Waals surface area (Å²) in [6, 6.07) is 27.5. The van der Waals surface area contributed by atoms with Crippen LogP contribution in [0.4, 0.5) is 0 Å². The van der Waals surface area contributed by atoms with Crippen molar-refractivity contribution in [3.05, 3.63) is 120 Å². The van der Waals surface area contributed by atoms with Crippen molar-refractivity contribution < 1.29 is 9.53 Å². The second kappa shape index (κ2) is 18.6. The first-order valence-corrected chi connectivity index (χ1v) is 17.2. The molecule has 0 unspecified atom stereocenters. The van der Waals surface area contributed by atoms with Crippen LogP contribution in [0.5, 0.6) is 5.75 Å². The lowest BCUT2D eigenvalue weighted by Gasteiger charge is -2.22. The Balaban J connectivity index is 1.000. The topological polar surface area (TPSA) is 142 Å². The molecular weight excluding hydrogens is 628 g/mol. The van der Waals surface area contributed by atoms with Gasteiger partial charge in [-0.05, 0) is 55.0 Å². The molecule has 5 aromatic heterocycles. The van der Waals surface area contributed by atoms with Gasteiger partial charge in [0.15, 0.2) is 0 Å². The first-order chi connectivity index (χ1) is 24.7. The fourth-order valence-electron chi connectivity index (χ4n) is 5.58. The van der Waals surface area contributed by atoms with Crippen molar-refractivity contribution in [2.75, 3.05) is 45.9 Å². The Hall–Kier alpha value is -5.14. The average Bonchev–Trinajstić information content (AvgIpc) is 3.15. The van der Waals surface area contributed by atoms with Crippen LogP contribution in [0.1, 0.15) is 29.2 Å². The summed E-state index contributed by atoms with van der Waals surface area (Å²) in [5.74, 6) is 0.665. The second-order valence-corrected chi connectivity index (χ2v) is 12.0. The van der Waals surface area contributed by atoms with Gasteiger partial charge < -0.3 is 26.0 Å². The minimum absolute atomic E-state index is 0.0119. The van der Waals surface area contributed by atoms with Crippen LogP contribution in [0.15, 0.2) is 97.3 Å². The van der Waals surface area contributed by atoms with E-state index in [0.717, 1.165) is 60.3 Å². The lowest BCUT2D eigenvalue weighted by atomic mass is 10.2. The number of amides is 1. The number of rotatable bonds is 9. The van der Waals surface area contributed by atoms with Crippen LogP contribution in [0.3, 0.4) is 0 Å². The maximum atomic E-state index is 13.0. The van der Waals surface area contributed by atoms with E-state index in [-0.39, 0.29) is 5.91 Å². The first-order valence-electron chi connectivity index (χ1n) is 17.2. The summed E-state index contributed by atoms with van der Waals surface area (Å²) in [6.45, 7) is 6.87. The van der Waals surface area contributed by atoms with Gasteiger partial charge in [-0.3, -0.25) is 29.6 Å². The molecule has 1 amide bonds. The molecule has 0 atom stereocenters. The summed E-state index contributed by atoms with van der Waals surface area (Å²) in [5.41, 5.74) is 6.91. The quantitative estimate of drug-likeness (QED) is 0.171. The number of pyridine rings is 5. The van der Waals surface area contributed by atoms with Crippen molar-refractivity contribution in [3.8, 4) is 28.5 Å². The minimum atomic E-state index is -0.0119. The van der Waals surface area contributed by atoms with Gasteiger partial charge in [-0.15, -0.1) is 0 Å². The van der Waals surface area contributed by atoms with Crippen LogP contribution in [-0.2, 0) is 31.0 Å². The third kappa shape index (κ3) is 10.9. The molecule has 6 rings (SSSR count). The number of hydrogen-bond acceptors (Lipinski definition) is 11. The third-order valence-electron chi connectivity index (χ3n) is 8.10. The monoisotopic (exact) mass is 672 g/mol. The van der Waals surface area contributed by atoms with Crippen LogP contribution in [-0.4, -0.2) is 81.6 Å². The minimum Gasteiger partial charge on any atom is -0.493 e. The normalized spacial score (nSPS) is 14.6. The molecule has 6 heterocycles. The van der Waals surface area contributed by atoms with Gasteiger partial charge in [-0.2, -0.15) is 0 Å². The number of ether oxygens (including phenoxy) is 1. The molecule has 0 aromatic carbocycles. The van der Waals surface area contributed by atoms with Gasteiger partial charge in [0.2, 0.25) is 5.91 Å². The second-order valence-electron chi connectivity index (χ2n) is 12.0. The zero-order chi connectivity index (χ0) is 34.2. The smallest absolute Gasteiger partial charge is 0.234 e.